The Morgan fingerprint density at radius 1 is 1.19 bits per heavy atom. The Labute approximate surface area is 146 Å². The van der Waals surface area contributed by atoms with Gasteiger partial charge in [0.05, 0.1) is 12.7 Å². The molecule has 0 unspecified atom stereocenters. The van der Waals surface area contributed by atoms with Crippen LogP contribution in [0.5, 0.6) is 0 Å². The third-order valence-corrected chi connectivity index (χ3v) is 4.42. The summed E-state index contributed by atoms with van der Waals surface area (Å²) >= 11 is 0. The maximum absolute atomic E-state index is 13.4. The molecule has 0 aliphatic carbocycles. The van der Waals surface area contributed by atoms with E-state index in [0.717, 1.165) is 10.9 Å². The zero-order chi connectivity index (χ0) is 17.7. The molecule has 0 radical (unpaired) electrons. The van der Waals surface area contributed by atoms with E-state index in [1.54, 1.807) is 29.2 Å². The van der Waals surface area contributed by atoms with Crippen LogP contribution in [0.15, 0.2) is 42.7 Å². The number of fused-ring (bicyclic) bond motifs is 2. The number of hydrogen-bond acceptors (Lipinski definition) is 5. The molecule has 0 atom stereocenters. The summed E-state index contributed by atoms with van der Waals surface area (Å²) in [6.07, 6.45) is 3.30. The van der Waals surface area contributed by atoms with Crippen molar-refractivity contribution < 1.29 is 13.9 Å². The number of rotatable bonds is 2. The Bertz CT molecular complexity index is 1150. The monoisotopic (exact) mass is 349 g/mol. The van der Waals surface area contributed by atoms with Crippen LogP contribution in [0.1, 0.15) is 10.5 Å². The lowest BCUT2D eigenvalue weighted by atomic mass is 9.97. The second kappa shape index (κ2) is 5.48. The summed E-state index contributed by atoms with van der Waals surface area (Å²) in [7, 11) is 0. The number of ether oxygens (including phenoxy) is 1. The number of hydrogen-bond donors (Lipinski definition) is 1. The van der Waals surface area contributed by atoms with E-state index >= 15 is 0 Å². The number of esters is 1. The van der Waals surface area contributed by atoms with Crippen molar-refractivity contribution in [2.24, 2.45) is 0 Å². The average molecular weight is 349 g/mol. The smallest absolute Gasteiger partial charge is 0.357 e. The first-order valence-corrected chi connectivity index (χ1v) is 8.05. The molecule has 0 saturated carbocycles. The van der Waals surface area contributed by atoms with Crippen molar-refractivity contribution in [1.29, 1.82) is 0 Å². The first kappa shape index (κ1) is 14.8. The number of aromatic amines is 1. The highest BCUT2D eigenvalue weighted by Crippen LogP contribution is 2.38. The maximum Gasteiger partial charge on any atom is 0.357 e. The van der Waals surface area contributed by atoms with Gasteiger partial charge in [0, 0.05) is 28.3 Å². The van der Waals surface area contributed by atoms with Gasteiger partial charge in [-0.1, -0.05) is 0 Å². The van der Waals surface area contributed by atoms with Crippen LogP contribution in [0.25, 0.3) is 33.4 Å². The standard InChI is InChI=1S/C18H12FN5O2/c19-11-3-1-10(2-4-11)15-14(16-18(25)26-8-7-24(16)23-15)12-5-6-20-17-13(12)9-21-22-17/h1-6,9H,7-8H2,(H,20,21,22). The molecule has 3 aromatic heterocycles. The normalized spacial score (nSPS) is 13.7. The molecule has 0 fully saturated rings. The summed E-state index contributed by atoms with van der Waals surface area (Å²) < 4.78 is 20.2. The number of nitrogens with zero attached hydrogens (tertiary/aromatic N) is 4. The van der Waals surface area contributed by atoms with Crippen LogP contribution in [0, 0.1) is 5.82 Å². The van der Waals surface area contributed by atoms with Gasteiger partial charge in [-0.2, -0.15) is 10.2 Å². The van der Waals surface area contributed by atoms with E-state index in [-0.39, 0.29) is 12.4 Å². The summed E-state index contributed by atoms with van der Waals surface area (Å²) in [4.78, 5) is 16.7. The van der Waals surface area contributed by atoms with Crippen LogP contribution in [0.2, 0.25) is 0 Å². The minimum atomic E-state index is -0.430. The lowest BCUT2D eigenvalue weighted by Gasteiger charge is -2.14. The van der Waals surface area contributed by atoms with Crippen molar-refractivity contribution >= 4 is 17.0 Å². The molecular weight excluding hydrogens is 337 g/mol. The minimum Gasteiger partial charge on any atom is -0.459 e. The summed E-state index contributed by atoms with van der Waals surface area (Å²) in [5.41, 5.74) is 3.69. The maximum atomic E-state index is 13.4. The van der Waals surface area contributed by atoms with E-state index in [2.05, 4.69) is 20.3 Å². The predicted molar refractivity (Wildman–Crippen MR) is 90.8 cm³/mol. The number of cyclic esters (lactones) is 1. The molecule has 1 aliphatic heterocycles. The van der Waals surface area contributed by atoms with E-state index in [1.165, 1.54) is 12.1 Å². The number of carbonyl (C=O) groups is 1. The Morgan fingerprint density at radius 2 is 2.04 bits per heavy atom. The van der Waals surface area contributed by atoms with Gasteiger partial charge in [0.2, 0.25) is 0 Å². The Hall–Kier alpha value is -3.55. The highest BCUT2D eigenvalue weighted by molar-refractivity contribution is 6.05. The third-order valence-electron chi connectivity index (χ3n) is 4.42. The molecule has 8 heteroatoms. The molecule has 128 valence electrons. The van der Waals surface area contributed by atoms with Crippen LogP contribution in [-0.2, 0) is 11.3 Å². The second-order valence-electron chi connectivity index (χ2n) is 5.93. The fraction of sp³-hybridized carbons (Fsp3) is 0.111. The Balaban J connectivity index is 1.85. The molecule has 4 aromatic rings. The predicted octanol–water partition coefficient (Wildman–Crippen LogP) is 2.80. The van der Waals surface area contributed by atoms with Gasteiger partial charge in [-0.25, -0.2) is 14.2 Å². The largest absolute Gasteiger partial charge is 0.459 e. The lowest BCUT2D eigenvalue weighted by Crippen LogP contribution is -2.23. The molecule has 1 aliphatic rings. The van der Waals surface area contributed by atoms with Gasteiger partial charge in [0.1, 0.15) is 18.1 Å². The zero-order valence-electron chi connectivity index (χ0n) is 13.4. The summed E-state index contributed by atoms with van der Waals surface area (Å²) in [6, 6.07) is 7.84. The highest BCUT2D eigenvalue weighted by atomic mass is 19.1. The molecule has 1 N–H and O–H groups in total. The van der Waals surface area contributed by atoms with E-state index in [4.69, 9.17) is 4.74 Å². The molecular formula is C18H12FN5O2. The zero-order valence-corrected chi connectivity index (χ0v) is 13.4. The molecule has 5 rings (SSSR count). The van der Waals surface area contributed by atoms with Gasteiger partial charge in [-0.15, -0.1) is 0 Å². The van der Waals surface area contributed by atoms with Crippen molar-refractivity contribution in [2.75, 3.05) is 6.61 Å². The summed E-state index contributed by atoms with van der Waals surface area (Å²) in [6.45, 7) is 0.738. The van der Waals surface area contributed by atoms with Crippen LogP contribution in [-0.4, -0.2) is 37.5 Å². The minimum absolute atomic E-state index is 0.271. The number of pyridine rings is 1. The van der Waals surface area contributed by atoms with Gasteiger partial charge in [0.25, 0.3) is 0 Å². The molecule has 4 heterocycles. The van der Waals surface area contributed by atoms with Gasteiger partial charge in [-0.05, 0) is 30.3 Å². The number of nitrogens with one attached hydrogen (secondary N) is 1. The molecule has 0 spiro atoms. The first-order chi connectivity index (χ1) is 12.7. The molecule has 1 aromatic carbocycles. The summed E-state index contributed by atoms with van der Waals surface area (Å²) in [5.74, 6) is -0.764. The average Bonchev–Trinajstić information content (AvgIpc) is 3.27. The molecule has 26 heavy (non-hydrogen) atoms. The molecule has 0 amide bonds. The first-order valence-electron chi connectivity index (χ1n) is 8.05. The SMILES string of the molecule is O=C1OCCn2nc(-c3ccc(F)cc3)c(-c3ccnc4[nH]ncc34)c21. The van der Waals surface area contributed by atoms with Crippen LogP contribution in [0.4, 0.5) is 4.39 Å². The van der Waals surface area contributed by atoms with E-state index in [1.807, 2.05) is 6.07 Å². The van der Waals surface area contributed by atoms with Gasteiger partial charge in [0.15, 0.2) is 11.3 Å². The molecule has 0 saturated heterocycles. The quantitative estimate of drug-likeness (QED) is 0.563. The number of aromatic nitrogens is 5. The lowest BCUT2D eigenvalue weighted by molar-refractivity contribution is 0.0412. The summed E-state index contributed by atoms with van der Waals surface area (Å²) in [5, 5.41) is 12.2. The van der Waals surface area contributed by atoms with Crippen molar-refractivity contribution in [3.05, 3.63) is 54.2 Å². The highest BCUT2D eigenvalue weighted by Gasteiger charge is 2.30. The van der Waals surface area contributed by atoms with Crippen molar-refractivity contribution in [2.45, 2.75) is 6.54 Å². The van der Waals surface area contributed by atoms with Gasteiger partial charge >= 0.3 is 5.97 Å². The fourth-order valence-corrected chi connectivity index (χ4v) is 3.26. The van der Waals surface area contributed by atoms with E-state index < -0.39 is 5.97 Å². The van der Waals surface area contributed by atoms with Gasteiger partial charge in [-0.3, -0.25) is 9.78 Å². The van der Waals surface area contributed by atoms with Crippen molar-refractivity contribution in [3.63, 3.8) is 0 Å². The third kappa shape index (κ3) is 2.12. The van der Waals surface area contributed by atoms with Crippen molar-refractivity contribution in [1.82, 2.24) is 25.0 Å². The number of halogens is 1. The van der Waals surface area contributed by atoms with Crippen LogP contribution < -0.4 is 0 Å². The number of benzene rings is 1. The second-order valence-corrected chi connectivity index (χ2v) is 5.93. The van der Waals surface area contributed by atoms with Crippen LogP contribution >= 0.6 is 0 Å². The van der Waals surface area contributed by atoms with Crippen LogP contribution in [0.3, 0.4) is 0 Å². The topological polar surface area (TPSA) is 85.7 Å². The van der Waals surface area contributed by atoms with Crippen molar-refractivity contribution in [3.8, 4) is 22.4 Å². The van der Waals surface area contributed by atoms with E-state index in [0.29, 0.717) is 34.7 Å². The number of carbonyl (C=O) groups excluding carboxylic acids is 1. The molecule has 0 bridgehead atoms. The van der Waals surface area contributed by atoms with E-state index in [9.17, 15) is 9.18 Å². The Kier molecular flexibility index (Phi) is 3.11. The van der Waals surface area contributed by atoms with Gasteiger partial charge < -0.3 is 4.74 Å². The number of H-pyrrole nitrogens is 1. The Morgan fingerprint density at radius 3 is 2.88 bits per heavy atom. The fourth-order valence-electron chi connectivity index (χ4n) is 3.26. The molecule has 7 nitrogen and oxygen atoms in total.